The highest BCUT2D eigenvalue weighted by Gasteiger charge is 2.18. The van der Waals surface area contributed by atoms with Crippen LogP contribution in [0.15, 0.2) is 30.3 Å². The number of halogens is 2. The van der Waals surface area contributed by atoms with Crippen LogP contribution in [0.4, 0.5) is 5.69 Å². The smallest absolute Gasteiger partial charge is 0.329 e. The van der Waals surface area contributed by atoms with E-state index in [0.29, 0.717) is 25.5 Å². The number of benzene rings is 1. The molecule has 1 aromatic carbocycles. The first kappa shape index (κ1) is 14.8. The Hall–Kier alpha value is -1.56. The maximum Gasteiger partial charge on any atom is 0.329 e. The van der Waals surface area contributed by atoms with Crippen molar-refractivity contribution in [1.82, 2.24) is 0 Å². The molecule has 0 aliphatic heterocycles. The molecule has 20 heavy (non-hydrogen) atoms. The van der Waals surface area contributed by atoms with Crippen LogP contribution in [-0.4, -0.2) is 11.8 Å². The number of carbonyl (C=O) groups excluding carboxylic acids is 2. The number of hydrogen-bond acceptors (Lipinski definition) is 5. The van der Waals surface area contributed by atoms with Gasteiger partial charge < -0.3 is 4.84 Å². The van der Waals surface area contributed by atoms with Crippen molar-refractivity contribution in [2.75, 3.05) is 5.48 Å². The summed E-state index contributed by atoms with van der Waals surface area (Å²) in [7, 11) is 0. The minimum Gasteiger partial charge on any atom is -0.344 e. The summed E-state index contributed by atoms with van der Waals surface area (Å²) in [6.45, 7) is 1.25. The molecular formula is C13H9Cl2NO3S. The zero-order chi connectivity index (χ0) is 14.7. The lowest BCUT2D eigenvalue weighted by atomic mass is 10.1. The standard InChI is InChI=1S/C13H9Cl2NO3S/c1-7(17)19-16-10-6-11(15)20-13(10)12(18)8-2-4-9(14)5-3-8/h2-6,16H,1H3. The van der Waals surface area contributed by atoms with Crippen molar-refractivity contribution in [3.05, 3.63) is 50.1 Å². The van der Waals surface area contributed by atoms with Gasteiger partial charge in [0.1, 0.15) is 4.88 Å². The van der Waals surface area contributed by atoms with Crippen LogP contribution in [0, 0.1) is 0 Å². The van der Waals surface area contributed by atoms with Crippen molar-refractivity contribution < 1.29 is 14.4 Å². The molecule has 1 N–H and O–H groups in total. The van der Waals surface area contributed by atoms with E-state index in [9.17, 15) is 9.59 Å². The number of thiophene rings is 1. The van der Waals surface area contributed by atoms with Crippen molar-refractivity contribution in [1.29, 1.82) is 0 Å². The molecule has 0 saturated heterocycles. The van der Waals surface area contributed by atoms with Gasteiger partial charge in [-0.15, -0.1) is 11.3 Å². The fourth-order valence-corrected chi connectivity index (χ4v) is 2.72. The van der Waals surface area contributed by atoms with E-state index < -0.39 is 5.97 Å². The summed E-state index contributed by atoms with van der Waals surface area (Å²) < 4.78 is 0.414. The predicted molar refractivity (Wildman–Crippen MR) is 79.6 cm³/mol. The summed E-state index contributed by atoms with van der Waals surface area (Å²) >= 11 is 12.8. The second kappa shape index (κ2) is 6.26. The second-order valence-corrected chi connectivity index (χ2v) is 5.94. The molecule has 0 spiro atoms. The molecule has 0 saturated carbocycles. The molecule has 1 aromatic heterocycles. The lowest BCUT2D eigenvalue weighted by Gasteiger charge is -2.05. The molecule has 104 valence electrons. The molecule has 0 bridgehead atoms. The van der Waals surface area contributed by atoms with Gasteiger partial charge in [-0.3, -0.25) is 9.59 Å². The quantitative estimate of drug-likeness (QED) is 0.675. The van der Waals surface area contributed by atoms with Crippen LogP contribution in [0.25, 0.3) is 0 Å². The van der Waals surface area contributed by atoms with Crippen LogP contribution in [0.1, 0.15) is 22.2 Å². The molecular weight excluding hydrogens is 321 g/mol. The summed E-state index contributed by atoms with van der Waals surface area (Å²) in [4.78, 5) is 28.2. The topological polar surface area (TPSA) is 55.4 Å². The monoisotopic (exact) mass is 329 g/mol. The highest BCUT2D eigenvalue weighted by Crippen LogP contribution is 2.33. The van der Waals surface area contributed by atoms with Gasteiger partial charge in [0.2, 0.25) is 5.78 Å². The average molecular weight is 330 g/mol. The van der Waals surface area contributed by atoms with Gasteiger partial charge in [0.25, 0.3) is 0 Å². The van der Waals surface area contributed by atoms with E-state index in [2.05, 4.69) is 10.3 Å². The highest BCUT2D eigenvalue weighted by atomic mass is 35.5. The molecule has 0 fully saturated rings. The van der Waals surface area contributed by atoms with Gasteiger partial charge in [-0.25, -0.2) is 5.48 Å². The summed E-state index contributed by atoms with van der Waals surface area (Å²) in [5.41, 5.74) is 3.25. The van der Waals surface area contributed by atoms with Crippen molar-refractivity contribution in [3.63, 3.8) is 0 Å². The molecule has 0 radical (unpaired) electrons. The Bertz CT molecular complexity index is 652. The van der Waals surface area contributed by atoms with Gasteiger partial charge in [0.05, 0.1) is 10.0 Å². The first-order chi connectivity index (χ1) is 9.47. The van der Waals surface area contributed by atoms with Crippen molar-refractivity contribution in [3.8, 4) is 0 Å². The third kappa shape index (κ3) is 3.50. The molecule has 0 unspecified atom stereocenters. The van der Waals surface area contributed by atoms with Gasteiger partial charge in [-0.2, -0.15) is 0 Å². The minimum atomic E-state index is -0.516. The largest absolute Gasteiger partial charge is 0.344 e. The number of ketones is 1. The van der Waals surface area contributed by atoms with Crippen LogP contribution < -0.4 is 5.48 Å². The van der Waals surface area contributed by atoms with E-state index in [1.54, 1.807) is 24.3 Å². The Labute approximate surface area is 129 Å². The summed E-state index contributed by atoms with van der Waals surface area (Å²) in [5.74, 6) is -0.745. The number of carbonyl (C=O) groups is 2. The Morgan fingerprint density at radius 3 is 2.45 bits per heavy atom. The minimum absolute atomic E-state index is 0.229. The van der Waals surface area contributed by atoms with E-state index in [4.69, 9.17) is 23.2 Å². The second-order valence-electron chi connectivity index (χ2n) is 3.83. The van der Waals surface area contributed by atoms with Crippen LogP contribution in [0.3, 0.4) is 0 Å². The molecule has 0 amide bonds. The maximum atomic E-state index is 12.4. The normalized spacial score (nSPS) is 10.2. The number of nitrogens with one attached hydrogen (secondary N) is 1. The van der Waals surface area contributed by atoms with E-state index in [1.165, 1.54) is 13.0 Å². The lowest BCUT2D eigenvalue weighted by molar-refractivity contribution is -0.138. The lowest BCUT2D eigenvalue weighted by Crippen LogP contribution is -2.09. The average Bonchev–Trinajstić information content (AvgIpc) is 2.77. The van der Waals surface area contributed by atoms with E-state index >= 15 is 0 Å². The van der Waals surface area contributed by atoms with Gasteiger partial charge >= 0.3 is 5.97 Å². The van der Waals surface area contributed by atoms with Crippen molar-refractivity contribution in [2.45, 2.75) is 6.92 Å². The van der Waals surface area contributed by atoms with E-state index in [1.807, 2.05) is 0 Å². The predicted octanol–water partition coefficient (Wildman–Crippen LogP) is 4.18. The molecule has 7 heteroatoms. The Balaban J connectivity index is 2.29. The molecule has 4 nitrogen and oxygen atoms in total. The van der Waals surface area contributed by atoms with Crippen LogP contribution in [-0.2, 0) is 9.63 Å². The Morgan fingerprint density at radius 2 is 1.85 bits per heavy atom. The van der Waals surface area contributed by atoms with E-state index in [-0.39, 0.29) is 5.78 Å². The van der Waals surface area contributed by atoms with Gasteiger partial charge in [-0.1, -0.05) is 23.2 Å². The highest BCUT2D eigenvalue weighted by molar-refractivity contribution is 7.18. The summed E-state index contributed by atoms with van der Waals surface area (Å²) in [6.07, 6.45) is 0. The Morgan fingerprint density at radius 1 is 1.20 bits per heavy atom. The number of anilines is 1. The number of rotatable bonds is 4. The Kier molecular flexibility index (Phi) is 4.65. The maximum absolute atomic E-state index is 12.4. The zero-order valence-electron chi connectivity index (χ0n) is 10.3. The van der Waals surface area contributed by atoms with Crippen LogP contribution in [0.2, 0.25) is 9.36 Å². The van der Waals surface area contributed by atoms with Gasteiger partial charge in [-0.05, 0) is 30.3 Å². The van der Waals surface area contributed by atoms with Crippen molar-refractivity contribution in [2.24, 2.45) is 0 Å². The van der Waals surface area contributed by atoms with Crippen molar-refractivity contribution >= 4 is 52.0 Å². The molecule has 2 aromatic rings. The SMILES string of the molecule is CC(=O)ONc1cc(Cl)sc1C(=O)c1ccc(Cl)cc1. The van der Waals surface area contributed by atoms with Gasteiger partial charge in [0, 0.05) is 17.5 Å². The summed E-state index contributed by atoms with van der Waals surface area (Å²) in [5, 5.41) is 0.545. The zero-order valence-corrected chi connectivity index (χ0v) is 12.6. The fourth-order valence-electron chi connectivity index (χ4n) is 1.46. The number of hydrogen-bond donors (Lipinski definition) is 1. The molecule has 0 aliphatic carbocycles. The van der Waals surface area contributed by atoms with Crippen LogP contribution in [0.5, 0.6) is 0 Å². The third-order valence-electron chi connectivity index (χ3n) is 2.32. The molecule has 0 aliphatic rings. The first-order valence-electron chi connectivity index (χ1n) is 5.50. The fraction of sp³-hybridized carbons (Fsp3) is 0.0769. The molecule has 0 atom stereocenters. The van der Waals surface area contributed by atoms with Crippen LogP contribution >= 0.6 is 34.5 Å². The van der Waals surface area contributed by atoms with E-state index in [0.717, 1.165) is 11.3 Å². The molecule has 1 heterocycles. The summed E-state index contributed by atoms with van der Waals surface area (Å²) in [6, 6.07) is 8.02. The molecule has 2 rings (SSSR count). The van der Waals surface area contributed by atoms with Gasteiger partial charge in [0.15, 0.2) is 0 Å². The third-order valence-corrected chi connectivity index (χ3v) is 3.83. The first-order valence-corrected chi connectivity index (χ1v) is 7.07.